The van der Waals surface area contributed by atoms with Gasteiger partial charge in [0.25, 0.3) is 0 Å². The van der Waals surface area contributed by atoms with Gasteiger partial charge in [0, 0.05) is 40.1 Å². The summed E-state index contributed by atoms with van der Waals surface area (Å²) in [7, 11) is 6.02. The number of fused-ring (bicyclic) bond motifs is 2. The van der Waals surface area contributed by atoms with E-state index < -0.39 is 0 Å². The zero-order chi connectivity index (χ0) is 17.1. The van der Waals surface area contributed by atoms with Crippen molar-refractivity contribution in [3.63, 3.8) is 0 Å². The van der Waals surface area contributed by atoms with Crippen LogP contribution in [-0.4, -0.2) is 39.1 Å². The quantitative estimate of drug-likeness (QED) is 0.600. The monoisotopic (exact) mass is 413 g/mol. The standard InChI is InChI=1S/C19H23N3OS.2ClH/c1-20-12-13-8-9-15(21-10-11-22(2)3)17-18(23)14-6-4-5-7-16(14)24-19(13)17;;/h4-9,20-21H,10-12H2,1-3H3;2*1H. The maximum absolute atomic E-state index is 13.1. The molecule has 0 aliphatic carbocycles. The molecule has 1 aromatic heterocycles. The highest BCUT2D eigenvalue weighted by Gasteiger charge is 2.13. The van der Waals surface area contributed by atoms with E-state index in [4.69, 9.17) is 0 Å². The maximum Gasteiger partial charge on any atom is 0.197 e. The summed E-state index contributed by atoms with van der Waals surface area (Å²) in [6, 6.07) is 12.0. The zero-order valence-electron chi connectivity index (χ0n) is 15.2. The van der Waals surface area contributed by atoms with Crippen LogP contribution in [0.1, 0.15) is 5.56 Å². The molecular formula is C19H25Cl2N3OS. The Morgan fingerprint density at radius 3 is 2.50 bits per heavy atom. The molecule has 2 aromatic carbocycles. The normalized spacial score (nSPS) is 10.6. The molecule has 0 bridgehead atoms. The summed E-state index contributed by atoms with van der Waals surface area (Å²) in [5, 5.41) is 8.25. The molecule has 1 heterocycles. The van der Waals surface area contributed by atoms with E-state index in [1.807, 2.05) is 51.5 Å². The molecule has 0 spiro atoms. The molecule has 7 heteroatoms. The molecule has 142 valence electrons. The lowest BCUT2D eigenvalue weighted by atomic mass is 10.1. The summed E-state index contributed by atoms with van der Waals surface area (Å²) in [6.45, 7) is 2.48. The molecule has 2 N–H and O–H groups in total. The van der Waals surface area contributed by atoms with E-state index in [1.165, 1.54) is 5.56 Å². The Morgan fingerprint density at radius 1 is 1.08 bits per heavy atom. The molecule has 0 saturated heterocycles. The smallest absolute Gasteiger partial charge is 0.197 e. The number of nitrogens with one attached hydrogen (secondary N) is 2. The fourth-order valence-electron chi connectivity index (χ4n) is 2.85. The fourth-order valence-corrected chi connectivity index (χ4v) is 4.06. The number of halogens is 2. The van der Waals surface area contributed by atoms with Gasteiger partial charge in [-0.1, -0.05) is 18.2 Å². The van der Waals surface area contributed by atoms with Crippen LogP contribution in [-0.2, 0) is 6.54 Å². The Labute approximate surface area is 170 Å². The van der Waals surface area contributed by atoms with Gasteiger partial charge in [0.05, 0.1) is 5.39 Å². The van der Waals surface area contributed by atoms with E-state index in [1.54, 1.807) is 11.3 Å². The van der Waals surface area contributed by atoms with Gasteiger partial charge >= 0.3 is 0 Å². The van der Waals surface area contributed by atoms with Crippen molar-refractivity contribution in [1.82, 2.24) is 10.2 Å². The van der Waals surface area contributed by atoms with Crippen LogP contribution < -0.4 is 16.1 Å². The molecule has 0 fully saturated rings. The van der Waals surface area contributed by atoms with Crippen LogP contribution in [0.4, 0.5) is 5.69 Å². The molecule has 0 amide bonds. The Kier molecular flexibility index (Phi) is 8.80. The largest absolute Gasteiger partial charge is 0.383 e. The second-order valence-corrected chi connectivity index (χ2v) is 7.22. The number of hydrogen-bond donors (Lipinski definition) is 2. The Morgan fingerprint density at radius 2 is 1.81 bits per heavy atom. The van der Waals surface area contributed by atoms with Crippen molar-refractivity contribution in [3.8, 4) is 0 Å². The first-order chi connectivity index (χ1) is 11.6. The lowest BCUT2D eigenvalue weighted by molar-refractivity contribution is 0.425. The van der Waals surface area contributed by atoms with Crippen LogP contribution in [0, 0.1) is 0 Å². The lowest BCUT2D eigenvalue weighted by Gasteiger charge is -2.15. The van der Waals surface area contributed by atoms with Crippen molar-refractivity contribution in [2.45, 2.75) is 6.54 Å². The van der Waals surface area contributed by atoms with Gasteiger partial charge in [-0.15, -0.1) is 36.2 Å². The minimum Gasteiger partial charge on any atom is -0.383 e. The predicted octanol–water partition coefficient (Wildman–Crippen LogP) is 3.95. The zero-order valence-corrected chi connectivity index (χ0v) is 17.6. The Bertz CT molecular complexity index is 928. The average molecular weight is 414 g/mol. The first-order valence-corrected chi connectivity index (χ1v) is 8.94. The molecule has 26 heavy (non-hydrogen) atoms. The third kappa shape index (κ3) is 4.67. The highest BCUT2D eigenvalue weighted by atomic mass is 35.5. The number of anilines is 1. The van der Waals surface area contributed by atoms with Gasteiger partial charge in [0.2, 0.25) is 0 Å². The second-order valence-electron chi connectivity index (χ2n) is 6.16. The summed E-state index contributed by atoms with van der Waals surface area (Å²) < 4.78 is 2.11. The molecule has 0 aliphatic heterocycles. The molecule has 0 radical (unpaired) electrons. The van der Waals surface area contributed by atoms with E-state index in [-0.39, 0.29) is 30.2 Å². The molecule has 3 rings (SSSR count). The fraction of sp³-hybridized carbons (Fsp3) is 0.316. The lowest BCUT2D eigenvalue weighted by Crippen LogP contribution is -2.21. The van der Waals surface area contributed by atoms with Crippen LogP contribution in [0.5, 0.6) is 0 Å². The number of nitrogens with zero attached hydrogens (tertiary/aromatic N) is 1. The highest BCUT2D eigenvalue weighted by Crippen LogP contribution is 2.31. The minimum atomic E-state index is 0. The average Bonchev–Trinajstić information content (AvgIpc) is 2.57. The molecule has 0 atom stereocenters. The summed E-state index contributed by atoms with van der Waals surface area (Å²) in [5.74, 6) is 0. The number of hydrogen-bond acceptors (Lipinski definition) is 5. The van der Waals surface area contributed by atoms with Crippen molar-refractivity contribution in [2.75, 3.05) is 39.5 Å². The van der Waals surface area contributed by atoms with E-state index in [2.05, 4.69) is 21.6 Å². The van der Waals surface area contributed by atoms with E-state index in [0.717, 1.165) is 45.5 Å². The number of rotatable bonds is 6. The summed E-state index contributed by atoms with van der Waals surface area (Å²) in [6.07, 6.45) is 0. The van der Waals surface area contributed by atoms with Crippen LogP contribution in [0.3, 0.4) is 0 Å². The molecule has 0 saturated carbocycles. The predicted molar refractivity (Wildman–Crippen MR) is 120 cm³/mol. The van der Waals surface area contributed by atoms with Gasteiger partial charge in [0.15, 0.2) is 5.43 Å². The molecular weight excluding hydrogens is 389 g/mol. The molecule has 3 aromatic rings. The van der Waals surface area contributed by atoms with E-state index in [9.17, 15) is 4.79 Å². The Balaban J connectivity index is 0.00000169. The van der Waals surface area contributed by atoms with Gasteiger partial charge in [-0.2, -0.15) is 0 Å². The third-order valence-electron chi connectivity index (χ3n) is 4.05. The van der Waals surface area contributed by atoms with E-state index >= 15 is 0 Å². The van der Waals surface area contributed by atoms with Crippen molar-refractivity contribution in [2.24, 2.45) is 0 Å². The van der Waals surface area contributed by atoms with E-state index in [0.29, 0.717) is 0 Å². The van der Waals surface area contributed by atoms with Crippen LogP contribution in [0.25, 0.3) is 20.2 Å². The van der Waals surface area contributed by atoms with Gasteiger partial charge in [-0.25, -0.2) is 0 Å². The van der Waals surface area contributed by atoms with Crippen molar-refractivity contribution in [3.05, 3.63) is 52.2 Å². The molecule has 4 nitrogen and oxygen atoms in total. The van der Waals surface area contributed by atoms with Crippen LogP contribution in [0.15, 0.2) is 41.2 Å². The SMILES string of the molecule is CNCc1ccc(NCCN(C)C)c2c(=O)c3ccccc3sc12.Cl.Cl. The molecule has 0 aliphatic rings. The van der Waals surface area contributed by atoms with Crippen LogP contribution >= 0.6 is 36.2 Å². The van der Waals surface area contributed by atoms with Gasteiger partial charge in [0.1, 0.15) is 0 Å². The maximum atomic E-state index is 13.1. The highest BCUT2D eigenvalue weighted by molar-refractivity contribution is 7.24. The first-order valence-electron chi connectivity index (χ1n) is 8.12. The first kappa shape index (κ1) is 22.7. The summed E-state index contributed by atoms with van der Waals surface area (Å²) in [4.78, 5) is 15.2. The third-order valence-corrected chi connectivity index (χ3v) is 5.30. The van der Waals surface area contributed by atoms with Crippen molar-refractivity contribution in [1.29, 1.82) is 0 Å². The minimum absolute atomic E-state index is 0. The number of benzene rings is 2. The van der Waals surface area contributed by atoms with Gasteiger partial charge in [-0.05, 0) is 44.9 Å². The topological polar surface area (TPSA) is 44.4 Å². The van der Waals surface area contributed by atoms with Crippen molar-refractivity contribution < 1.29 is 0 Å². The molecule has 0 unspecified atom stereocenters. The van der Waals surface area contributed by atoms with Crippen molar-refractivity contribution >= 4 is 62.0 Å². The van der Waals surface area contributed by atoms with Gasteiger partial charge in [-0.3, -0.25) is 4.79 Å². The summed E-state index contributed by atoms with van der Waals surface area (Å²) in [5.41, 5.74) is 2.21. The number of likely N-dealkylation sites (N-methyl/N-ethyl adjacent to an activating group) is 1. The van der Waals surface area contributed by atoms with Crippen LogP contribution in [0.2, 0.25) is 0 Å². The second kappa shape index (κ2) is 10.1. The van der Waals surface area contributed by atoms with Gasteiger partial charge < -0.3 is 15.5 Å². The summed E-state index contributed by atoms with van der Waals surface area (Å²) >= 11 is 1.70. The Hall–Kier alpha value is -1.37.